The van der Waals surface area contributed by atoms with Gasteiger partial charge in [-0.2, -0.15) is 5.10 Å². The van der Waals surface area contributed by atoms with Crippen molar-refractivity contribution in [2.45, 2.75) is 58.0 Å². The molecule has 0 aromatic rings. The molecule has 1 aliphatic heterocycles. The van der Waals surface area contributed by atoms with Gasteiger partial charge < -0.3 is 9.64 Å². The van der Waals surface area contributed by atoms with E-state index in [1.54, 1.807) is 6.34 Å². The molecule has 1 heterocycles. The van der Waals surface area contributed by atoms with Crippen molar-refractivity contribution in [3.63, 3.8) is 0 Å². The van der Waals surface area contributed by atoms with E-state index in [2.05, 4.69) is 37.1 Å². The molecule has 20 heavy (non-hydrogen) atoms. The van der Waals surface area contributed by atoms with Crippen LogP contribution in [0.1, 0.15) is 26.2 Å². The monoisotopic (exact) mass is 297 g/mol. The normalized spacial score (nSPS) is 24.4. The van der Waals surface area contributed by atoms with Crippen molar-refractivity contribution >= 4 is 20.2 Å². The van der Waals surface area contributed by atoms with Gasteiger partial charge in [-0.25, -0.2) is 0 Å². The average molecular weight is 297 g/mol. The molecular weight excluding hydrogens is 270 g/mol. The Labute approximate surface area is 122 Å². The molecule has 1 unspecified atom stereocenters. The van der Waals surface area contributed by atoms with Gasteiger partial charge in [-0.3, -0.25) is 10.2 Å². The summed E-state index contributed by atoms with van der Waals surface area (Å²) in [6.45, 7) is 10.3. The number of hydrogen-bond donors (Lipinski definition) is 1. The highest BCUT2D eigenvalue weighted by Crippen LogP contribution is 2.42. The van der Waals surface area contributed by atoms with Crippen LogP contribution in [0.5, 0.6) is 0 Å². The van der Waals surface area contributed by atoms with Crippen LogP contribution in [-0.2, 0) is 9.53 Å². The molecule has 5 nitrogen and oxygen atoms in total. The molecule has 0 aromatic heterocycles. The summed E-state index contributed by atoms with van der Waals surface area (Å²) >= 11 is 0. The van der Waals surface area contributed by atoms with Crippen molar-refractivity contribution in [2.75, 3.05) is 13.3 Å². The molecule has 1 aliphatic carbocycles. The highest BCUT2D eigenvalue weighted by molar-refractivity contribution is 6.76. The minimum absolute atomic E-state index is 0.165. The third kappa shape index (κ3) is 3.61. The lowest BCUT2D eigenvalue weighted by molar-refractivity contribution is -0.138. The Morgan fingerprint density at radius 1 is 1.50 bits per heavy atom. The molecule has 0 saturated heterocycles. The largest absolute Gasteiger partial charge is 0.361 e. The Bertz CT molecular complexity index is 388. The molecule has 1 N–H and O–H groups in total. The fraction of sp³-hybridized carbons (Fsp3) is 0.857. The molecule has 0 aromatic carbocycles. The van der Waals surface area contributed by atoms with Crippen molar-refractivity contribution in [3.05, 3.63) is 0 Å². The molecule has 1 atom stereocenters. The average Bonchev–Trinajstić information content (AvgIpc) is 2.77. The predicted octanol–water partition coefficient (Wildman–Crippen LogP) is 2.23. The van der Waals surface area contributed by atoms with E-state index in [4.69, 9.17) is 4.74 Å². The molecule has 0 radical (unpaired) electrons. The highest BCUT2D eigenvalue weighted by Gasteiger charge is 2.45. The number of rotatable bonds is 7. The minimum atomic E-state index is -1.06. The molecule has 1 fully saturated rings. The van der Waals surface area contributed by atoms with Gasteiger partial charge in [0.15, 0.2) is 11.9 Å². The molecule has 6 heteroatoms. The number of carbonyl (C=O) groups excluding carboxylic acids is 1. The maximum atomic E-state index is 12.5. The highest BCUT2D eigenvalue weighted by atomic mass is 28.3. The van der Waals surface area contributed by atoms with Crippen LogP contribution < -0.4 is 5.43 Å². The minimum Gasteiger partial charge on any atom is -0.361 e. The van der Waals surface area contributed by atoms with Crippen molar-refractivity contribution in [3.8, 4) is 0 Å². The number of hydrogen-bond acceptors (Lipinski definition) is 5. The molecule has 2 aliphatic rings. The number of ether oxygens (including phenoxy) is 1. The zero-order valence-corrected chi connectivity index (χ0v) is 14.1. The number of Topliss-reactive ketones (excluding diaryl/α,β-unsaturated/α-hetero) is 1. The van der Waals surface area contributed by atoms with Crippen molar-refractivity contribution < 1.29 is 9.53 Å². The summed E-state index contributed by atoms with van der Waals surface area (Å²) in [5.74, 6) is 0.245. The Morgan fingerprint density at radius 3 is 2.75 bits per heavy atom. The van der Waals surface area contributed by atoms with E-state index in [0.29, 0.717) is 6.73 Å². The van der Waals surface area contributed by atoms with Crippen LogP contribution >= 0.6 is 0 Å². The summed E-state index contributed by atoms with van der Waals surface area (Å²) in [7, 11) is -1.06. The molecule has 0 spiro atoms. The Morgan fingerprint density at radius 2 is 2.20 bits per heavy atom. The lowest BCUT2D eigenvalue weighted by Gasteiger charge is -2.39. The van der Waals surface area contributed by atoms with E-state index >= 15 is 0 Å². The second-order valence-corrected chi connectivity index (χ2v) is 13.0. The SMILES string of the molecule is CC1(C(=O)C2NN=CN2COCC[Si](C)(C)C)CCC1. The summed E-state index contributed by atoms with van der Waals surface area (Å²) < 4.78 is 5.72. The molecular formula is C14H27N3O2Si. The van der Waals surface area contributed by atoms with E-state index in [1.165, 1.54) is 0 Å². The lowest BCUT2D eigenvalue weighted by Crippen LogP contribution is -2.52. The summed E-state index contributed by atoms with van der Waals surface area (Å²) in [5, 5.41) is 4.03. The maximum absolute atomic E-state index is 12.5. The number of nitrogens with zero attached hydrogens (tertiary/aromatic N) is 2. The zero-order chi connectivity index (χ0) is 14.8. The topological polar surface area (TPSA) is 53.9 Å². The van der Waals surface area contributed by atoms with Gasteiger partial charge in [0.1, 0.15) is 13.1 Å². The molecule has 2 rings (SSSR count). The van der Waals surface area contributed by atoms with E-state index in [0.717, 1.165) is 31.9 Å². The Kier molecular flexibility index (Phi) is 4.54. The number of carbonyl (C=O) groups is 1. The van der Waals surface area contributed by atoms with Crippen LogP contribution in [0.15, 0.2) is 5.10 Å². The lowest BCUT2D eigenvalue weighted by atomic mass is 9.67. The van der Waals surface area contributed by atoms with E-state index < -0.39 is 8.07 Å². The first-order valence-corrected chi connectivity index (χ1v) is 11.2. The Balaban J connectivity index is 1.79. The van der Waals surface area contributed by atoms with Crippen LogP contribution in [-0.4, -0.2) is 44.6 Å². The van der Waals surface area contributed by atoms with Gasteiger partial charge in [0.05, 0.1) is 0 Å². The standard InChI is InChI=1S/C14H27N3O2Si/c1-14(6-5-7-14)12(18)13-16-15-10-17(13)11-19-8-9-20(2,3)4/h10,13,16H,5-9,11H2,1-4H3. The van der Waals surface area contributed by atoms with Gasteiger partial charge >= 0.3 is 0 Å². The quantitative estimate of drug-likeness (QED) is 0.578. The van der Waals surface area contributed by atoms with Gasteiger partial charge in [-0.15, -0.1) is 0 Å². The second kappa shape index (κ2) is 5.85. The first-order valence-electron chi connectivity index (χ1n) is 7.48. The summed E-state index contributed by atoms with van der Waals surface area (Å²) in [6, 6.07) is 1.14. The van der Waals surface area contributed by atoms with E-state index in [9.17, 15) is 4.79 Å². The van der Waals surface area contributed by atoms with Gasteiger partial charge in [0, 0.05) is 20.1 Å². The van der Waals surface area contributed by atoms with Gasteiger partial charge in [-0.05, 0) is 18.9 Å². The number of hydrazone groups is 1. The molecule has 114 valence electrons. The van der Waals surface area contributed by atoms with Crippen LogP contribution in [0.2, 0.25) is 25.7 Å². The van der Waals surface area contributed by atoms with Crippen LogP contribution in [0, 0.1) is 5.41 Å². The van der Waals surface area contributed by atoms with Crippen molar-refractivity contribution in [1.29, 1.82) is 0 Å². The maximum Gasteiger partial charge on any atom is 0.182 e. The molecule has 1 saturated carbocycles. The third-order valence-electron chi connectivity index (χ3n) is 4.27. The van der Waals surface area contributed by atoms with Crippen LogP contribution in [0.4, 0.5) is 0 Å². The third-order valence-corrected chi connectivity index (χ3v) is 5.98. The first-order chi connectivity index (χ1) is 9.32. The summed E-state index contributed by atoms with van der Waals surface area (Å²) in [6.07, 6.45) is 4.48. The van der Waals surface area contributed by atoms with E-state index in [-0.39, 0.29) is 17.4 Å². The number of nitrogens with one attached hydrogen (secondary N) is 1. The molecule has 0 amide bonds. The fourth-order valence-electron chi connectivity index (χ4n) is 2.47. The smallest absolute Gasteiger partial charge is 0.182 e. The van der Waals surface area contributed by atoms with Gasteiger partial charge in [0.25, 0.3) is 0 Å². The van der Waals surface area contributed by atoms with Crippen molar-refractivity contribution in [1.82, 2.24) is 10.3 Å². The number of ketones is 1. The zero-order valence-electron chi connectivity index (χ0n) is 13.1. The van der Waals surface area contributed by atoms with Gasteiger partial charge in [-0.1, -0.05) is 33.0 Å². The van der Waals surface area contributed by atoms with Crippen molar-refractivity contribution in [2.24, 2.45) is 10.5 Å². The Hall–Kier alpha value is -0.883. The fourth-order valence-corrected chi connectivity index (χ4v) is 3.22. The van der Waals surface area contributed by atoms with Crippen LogP contribution in [0.25, 0.3) is 0 Å². The molecule has 0 bridgehead atoms. The first kappa shape index (κ1) is 15.5. The van der Waals surface area contributed by atoms with Crippen LogP contribution in [0.3, 0.4) is 0 Å². The second-order valence-electron chi connectivity index (χ2n) is 7.42. The summed E-state index contributed by atoms with van der Waals surface area (Å²) in [5.41, 5.74) is 2.75. The summed E-state index contributed by atoms with van der Waals surface area (Å²) in [4.78, 5) is 14.4. The van der Waals surface area contributed by atoms with E-state index in [1.807, 2.05) is 4.90 Å². The van der Waals surface area contributed by atoms with Gasteiger partial charge in [0.2, 0.25) is 0 Å². The predicted molar refractivity (Wildman–Crippen MR) is 83.2 cm³/mol.